The zero-order chi connectivity index (χ0) is 14.4. The van der Waals surface area contributed by atoms with Crippen molar-refractivity contribution in [1.82, 2.24) is 5.32 Å². The number of nitrogens with one attached hydrogen (secondary N) is 1. The number of hydrogen-bond donors (Lipinski definition) is 1. The van der Waals surface area contributed by atoms with Crippen LogP contribution in [0.3, 0.4) is 0 Å². The van der Waals surface area contributed by atoms with Gasteiger partial charge in [0.25, 0.3) is 0 Å². The maximum absolute atomic E-state index is 11.1. The predicted molar refractivity (Wildman–Crippen MR) is 81.5 cm³/mol. The van der Waals surface area contributed by atoms with E-state index < -0.39 is 0 Å². The fourth-order valence-electron chi connectivity index (χ4n) is 2.28. The Balaban J connectivity index is 1.97. The van der Waals surface area contributed by atoms with Crippen LogP contribution in [0.25, 0.3) is 10.8 Å². The predicted octanol–water partition coefficient (Wildman–Crippen LogP) is 3.27. The van der Waals surface area contributed by atoms with Gasteiger partial charge < -0.3 is 10.1 Å². The topological polar surface area (TPSA) is 38.3 Å². The fraction of sp³-hybridized carbons (Fsp3) is 0.353. The molecule has 3 nitrogen and oxygen atoms in total. The summed E-state index contributed by atoms with van der Waals surface area (Å²) in [4.78, 5) is 11.1. The smallest absolute Gasteiger partial charge is 0.217 e. The Kier molecular flexibility index (Phi) is 5.13. The normalized spacial score (nSPS) is 12.3. The summed E-state index contributed by atoms with van der Waals surface area (Å²) in [5.74, 6) is -0.00869. The molecule has 0 aliphatic rings. The van der Waals surface area contributed by atoms with E-state index in [1.54, 1.807) is 0 Å². The Bertz CT molecular complexity index is 575. The van der Waals surface area contributed by atoms with Crippen LogP contribution in [0.5, 0.6) is 0 Å². The third-order valence-electron chi connectivity index (χ3n) is 3.36. The molecule has 0 saturated carbocycles. The highest BCUT2D eigenvalue weighted by atomic mass is 16.5. The lowest BCUT2D eigenvalue weighted by Gasteiger charge is -2.16. The number of fused-ring (bicyclic) bond motifs is 1. The van der Waals surface area contributed by atoms with Crippen molar-refractivity contribution < 1.29 is 9.53 Å². The summed E-state index contributed by atoms with van der Waals surface area (Å²) in [6.07, 6.45) is 0.870. The Labute approximate surface area is 119 Å². The first-order valence-electron chi connectivity index (χ1n) is 7.02. The zero-order valence-corrected chi connectivity index (χ0v) is 12.1. The average Bonchev–Trinajstić information content (AvgIpc) is 2.46. The SMILES string of the molecule is CC[C@@H](COCc1cccc2ccccc12)NC(C)=O. The third-order valence-corrected chi connectivity index (χ3v) is 3.36. The molecule has 1 amide bonds. The minimum atomic E-state index is -0.00869. The molecule has 0 unspecified atom stereocenters. The summed E-state index contributed by atoms with van der Waals surface area (Å²) in [5.41, 5.74) is 1.18. The summed E-state index contributed by atoms with van der Waals surface area (Å²) in [5, 5.41) is 5.34. The second kappa shape index (κ2) is 7.06. The lowest BCUT2D eigenvalue weighted by atomic mass is 10.1. The molecule has 20 heavy (non-hydrogen) atoms. The van der Waals surface area contributed by atoms with Crippen molar-refractivity contribution in [3.8, 4) is 0 Å². The summed E-state index contributed by atoms with van der Waals surface area (Å²) < 4.78 is 5.77. The van der Waals surface area contributed by atoms with Crippen molar-refractivity contribution in [3.63, 3.8) is 0 Å². The molecular weight excluding hydrogens is 250 g/mol. The van der Waals surface area contributed by atoms with Crippen LogP contribution in [-0.2, 0) is 16.1 Å². The molecule has 1 N–H and O–H groups in total. The van der Waals surface area contributed by atoms with Crippen molar-refractivity contribution >= 4 is 16.7 Å². The van der Waals surface area contributed by atoms with E-state index in [2.05, 4.69) is 29.6 Å². The molecule has 0 spiro atoms. The van der Waals surface area contributed by atoms with Crippen LogP contribution in [0.15, 0.2) is 42.5 Å². The molecular formula is C17H21NO2. The lowest BCUT2D eigenvalue weighted by Crippen LogP contribution is -2.36. The highest BCUT2D eigenvalue weighted by Gasteiger charge is 2.08. The fourth-order valence-corrected chi connectivity index (χ4v) is 2.28. The van der Waals surface area contributed by atoms with Gasteiger partial charge in [0.15, 0.2) is 0 Å². The van der Waals surface area contributed by atoms with Crippen LogP contribution in [0.4, 0.5) is 0 Å². The molecule has 0 aromatic heterocycles. The number of carbonyl (C=O) groups is 1. The zero-order valence-electron chi connectivity index (χ0n) is 12.1. The number of hydrogen-bond acceptors (Lipinski definition) is 2. The molecule has 1 atom stereocenters. The molecule has 3 heteroatoms. The van der Waals surface area contributed by atoms with Gasteiger partial charge in [-0.25, -0.2) is 0 Å². The molecule has 0 fully saturated rings. The second-order valence-electron chi connectivity index (χ2n) is 4.96. The lowest BCUT2D eigenvalue weighted by molar-refractivity contribution is -0.120. The first-order valence-corrected chi connectivity index (χ1v) is 7.02. The minimum Gasteiger partial charge on any atom is -0.375 e. The summed E-state index contributed by atoms with van der Waals surface area (Å²) in [6.45, 7) is 4.69. The third kappa shape index (κ3) is 3.81. The molecule has 0 radical (unpaired) electrons. The summed E-state index contributed by atoms with van der Waals surface area (Å²) in [6, 6.07) is 14.6. The number of ether oxygens (including phenoxy) is 1. The van der Waals surface area contributed by atoms with E-state index in [9.17, 15) is 4.79 Å². The van der Waals surface area contributed by atoms with Gasteiger partial charge in [0.05, 0.1) is 19.3 Å². The van der Waals surface area contributed by atoms with E-state index in [4.69, 9.17) is 4.74 Å². The van der Waals surface area contributed by atoms with Gasteiger partial charge in [0.2, 0.25) is 5.91 Å². The number of amides is 1. The minimum absolute atomic E-state index is 0.00869. The molecule has 0 aliphatic carbocycles. The van der Waals surface area contributed by atoms with Gasteiger partial charge in [0, 0.05) is 6.92 Å². The van der Waals surface area contributed by atoms with Gasteiger partial charge in [-0.3, -0.25) is 4.79 Å². The van der Waals surface area contributed by atoms with Gasteiger partial charge in [-0.15, -0.1) is 0 Å². The molecule has 2 aromatic carbocycles. The number of carbonyl (C=O) groups excluding carboxylic acids is 1. The monoisotopic (exact) mass is 271 g/mol. The van der Waals surface area contributed by atoms with E-state index in [1.165, 1.54) is 23.3 Å². The van der Waals surface area contributed by atoms with Gasteiger partial charge >= 0.3 is 0 Å². The van der Waals surface area contributed by atoms with Crippen LogP contribution in [0.2, 0.25) is 0 Å². The first kappa shape index (κ1) is 14.5. The Morgan fingerprint density at radius 1 is 1.20 bits per heavy atom. The van der Waals surface area contributed by atoms with Gasteiger partial charge in [0.1, 0.15) is 0 Å². The molecule has 2 aromatic rings. The van der Waals surface area contributed by atoms with Crippen molar-refractivity contribution in [2.45, 2.75) is 32.9 Å². The van der Waals surface area contributed by atoms with E-state index in [1.807, 2.05) is 25.1 Å². The standard InChI is InChI=1S/C17H21NO2/c1-3-16(18-13(2)19)12-20-11-15-9-6-8-14-7-4-5-10-17(14)15/h4-10,16H,3,11-12H2,1-2H3,(H,18,19)/t16-/m0/s1. The van der Waals surface area contributed by atoms with Crippen molar-refractivity contribution in [2.75, 3.05) is 6.61 Å². The van der Waals surface area contributed by atoms with E-state index >= 15 is 0 Å². The van der Waals surface area contributed by atoms with Crippen molar-refractivity contribution in [1.29, 1.82) is 0 Å². The maximum Gasteiger partial charge on any atom is 0.217 e. The van der Waals surface area contributed by atoms with E-state index in [0.717, 1.165) is 6.42 Å². The second-order valence-corrected chi connectivity index (χ2v) is 4.96. The van der Waals surface area contributed by atoms with Crippen molar-refractivity contribution in [3.05, 3.63) is 48.0 Å². The number of rotatable bonds is 6. The molecule has 106 valence electrons. The Morgan fingerprint density at radius 2 is 1.95 bits per heavy atom. The van der Waals surface area contributed by atoms with Crippen molar-refractivity contribution in [2.24, 2.45) is 0 Å². The van der Waals surface area contributed by atoms with Crippen LogP contribution in [0.1, 0.15) is 25.8 Å². The molecule has 0 saturated heterocycles. The summed E-state index contributed by atoms with van der Waals surface area (Å²) in [7, 11) is 0. The molecule has 0 bridgehead atoms. The highest BCUT2D eigenvalue weighted by Crippen LogP contribution is 2.19. The molecule has 2 rings (SSSR count). The summed E-state index contributed by atoms with van der Waals surface area (Å²) >= 11 is 0. The van der Waals surface area contributed by atoms with Crippen LogP contribution >= 0.6 is 0 Å². The maximum atomic E-state index is 11.1. The largest absolute Gasteiger partial charge is 0.375 e. The van der Waals surface area contributed by atoms with Gasteiger partial charge in [-0.2, -0.15) is 0 Å². The van der Waals surface area contributed by atoms with Crippen LogP contribution in [-0.4, -0.2) is 18.6 Å². The average molecular weight is 271 g/mol. The van der Waals surface area contributed by atoms with Gasteiger partial charge in [-0.05, 0) is 22.8 Å². The van der Waals surface area contributed by atoms with E-state index in [0.29, 0.717) is 13.2 Å². The molecule has 0 heterocycles. The number of benzene rings is 2. The van der Waals surface area contributed by atoms with Crippen LogP contribution in [0, 0.1) is 0 Å². The Morgan fingerprint density at radius 3 is 2.70 bits per heavy atom. The Hall–Kier alpha value is -1.87. The van der Waals surface area contributed by atoms with E-state index in [-0.39, 0.29) is 11.9 Å². The van der Waals surface area contributed by atoms with Crippen LogP contribution < -0.4 is 5.32 Å². The quantitative estimate of drug-likeness (QED) is 0.875. The highest BCUT2D eigenvalue weighted by molar-refractivity contribution is 5.85. The first-order chi connectivity index (χ1) is 9.70. The van der Waals surface area contributed by atoms with Gasteiger partial charge in [-0.1, -0.05) is 49.4 Å². The molecule has 0 aliphatic heterocycles.